The first-order chi connectivity index (χ1) is 19.1. The van der Waals surface area contributed by atoms with E-state index >= 15 is 0 Å². The van der Waals surface area contributed by atoms with Gasteiger partial charge in [0.25, 0.3) is 0 Å². The fourth-order valence-electron chi connectivity index (χ4n) is 9.13. The monoisotopic (exact) mass is 540 g/mol. The number of aryl methyl sites for hydroxylation is 1. The van der Waals surface area contributed by atoms with Crippen LogP contribution in [0.5, 0.6) is 0 Å². The van der Waals surface area contributed by atoms with E-state index in [1.165, 1.54) is 61.3 Å². The lowest BCUT2D eigenvalue weighted by Gasteiger charge is -2.62. The molecule has 0 aliphatic heterocycles. The van der Waals surface area contributed by atoms with Crippen molar-refractivity contribution in [3.8, 4) is 11.8 Å². The standard InChI is InChI=1S/C41H48/c1-24(2)34-20-33(18-17-32-16-14-15-26(5)19-32)28(7)37-29(8)38-31(10)41(13)30(9)36(25(3)4)27(6)21-40(41,12)23-39(38,11)22-35(34)37/h14-16,19-20,24H,3,8-9,21-23H2,1-2,4-7,10-13H3/t39-,40+,41-/m1/s1. The van der Waals surface area contributed by atoms with Crippen LogP contribution in [0.15, 0.2) is 83.5 Å². The second-order valence-corrected chi connectivity index (χ2v) is 14.4. The zero-order chi connectivity index (χ0) is 30.2. The maximum Gasteiger partial charge on any atom is 0.0287 e. The molecule has 3 atom stereocenters. The molecule has 0 N–H and O–H groups in total. The molecule has 2 aromatic carbocycles. The molecule has 0 nitrogen and oxygen atoms in total. The molecule has 0 aromatic heterocycles. The van der Waals surface area contributed by atoms with Crippen molar-refractivity contribution in [1.82, 2.24) is 0 Å². The number of rotatable bonds is 2. The Morgan fingerprint density at radius 2 is 1.63 bits per heavy atom. The molecule has 0 saturated carbocycles. The van der Waals surface area contributed by atoms with Crippen LogP contribution >= 0.6 is 0 Å². The van der Waals surface area contributed by atoms with Gasteiger partial charge in [0.05, 0.1) is 0 Å². The molecule has 0 heteroatoms. The first-order valence-electron chi connectivity index (χ1n) is 15.3. The van der Waals surface area contributed by atoms with Gasteiger partial charge in [-0.2, -0.15) is 0 Å². The molecule has 2 aromatic rings. The summed E-state index contributed by atoms with van der Waals surface area (Å²) in [6, 6.07) is 10.8. The number of hydrogen-bond donors (Lipinski definition) is 0. The zero-order valence-corrected chi connectivity index (χ0v) is 27.2. The van der Waals surface area contributed by atoms with Gasteiger partial charge >= 0.3 is 0 Å². The molecule has 3 aliphatic rings. The van der Waals surface area contributed by atoms with E-state index in [-0.39, 0.29) is 16.2 Å². The number of fused-ring (bicyclic) bond motifs is 3. The molecule has 212 valence electrons. The van der Waals surface area contributed by atoms with Crippen molar-refractivity contribution in [3.05, 3.63) is 122 Å². The number of hydrogen-bond acceptors (Lipinski definition) is 0. The van der Waals surface area contributed by atoms with Gasteiger partial charge in [-0.3, -0.25) is 0 Å². The first-order valence-corrected chi connectivity index (χ1v) is 15.3. The van der Waals surface area contributed by atoms with Crippen molar-refractivity contribution in [1.29, 1.82) is 0 Å². The quantitative estimate of drug-likeness (QED) is 0.332. The van der Waals surface area contributed by atoms with Gasteiger partial charge in [-0.15, -0.1) is 0 Å². The molecule has 0 amide bonds. The largest absolute Gasteiger partial charge is 0.0955 e. The summed E-state index contributed by atoms with van der Waals surface area (Å²) in [6.45, 7) is 37.3. The molecule has 0 unspecified atom stereocenters. The van der Waals surface area contributed by atoms with Gasteiger partial charge in [-0.1, -0.05) is 95.0 Å². The topological polar surface area (TPSA) is 0 Å². The minimum Gasteiger partial charge on any atom is -0.0955 e. The van der Waals surface area contributed by atoms with Crippen molar-refractivity contribution in [2.75, 3.05) is 0 Å². The molecule has 0 spiro atoms. The Morgan fingerprint density at radius 3 is 2.24 bits per heavy atom. The van der Waals surface area contributed by atoms with Gasteiger partial charge in [0.1, 0.15) is 0 Å². The minimum atomic E-state index is -0.145. The highest BCUT2D eigenvalue weighted by atomic mass is 14.6. The number of benzene rings is 2. The first kappa shape index (κ1) is 29.2. The molecule has 3 aliphatic carbocycles. The van der Waals surface area contributed by atoms with Gasteiger partial charge in [0, 0.05) is 16.5 Å². The van der Waals surface area contributed by atoms with Crippen molar-refractivity contribution in [2.24, 2.45) is 16.2 Å². The Balaban J connectivity index is 1.75. The van der Waals surface area contributed by atoms with Crippen LogP contribution < -0.4 is 0 Å². The van der Waals surface area contributed by atoms with Crippen LogP contribution in [0.25, 0.3) is 5.57 Å². The van der Waals surface area contributed by atoms with E-state index < -0.39 is 0 Å². The summed E-state index contributed by atoms with van der Waals surface area (Å²) < 4.78 is 0. The van der Waals surface area contributed by atoms with Crippen LogP contribution in [0.3, 0.4) is 0 Å². The third-order valence-corrected chi connectivity index (χ3v) is 11.0. The molecule has 0 fully saturated rings. The van der Waals surface area contributed by atoms with Crippen LogP contribution in [-0.2, 0) is 6.42 Å². The normalized spacial score (nSPS) is 27.3. The van der Waals surface area contributed by atoms with Crippen LogP contribution in [0.1, 0.15) is 113 Å². The lowest BCUT2D eigenvalue weighted by molar-refractivity contribution is 0.0543. The lowest BCUT2D eigenvalue weighted by Crippen LogP contribution is -2.52. The smallest absolute Gasteiger partial charge is 0.0287 e. The van der Waals surface area contributed by atoms with E-state index in [0.29, 0.717) is 5.92 Å². The predicted molar refractivity (Wildman–Crippen MR) is 178 cm³/mol. The summed E-state index contributed by atoms with van der Waals surface area (Å²) >= 11 is 0. The van der Waals surface area contributed by atoms with Crippen molar-refractivity contribution >= 4 is 5.57 Å². The SMILES string of the molecule is C=C(C)C1=C(C)C[C@@]2(C)C[C@@]3(C)Cc4c(C(C)C)cc(C#Cc5cccc(C)c5)c(C)c4C(=C)C3=C(C)[C@@]2(C)C1=C. The molecule has 0 saturated heterocycles. The highest BCUT2D eigenvalue weighted by Crippen LogP contribution is 2.70. The van der Waals surface area contributed by atoms with E-state index in [0.717, 1.165) is 36.0 Å². The van der Waals surface area contributed by atoms with Gasteiger partial charge in [-0.05, 0) is 139 Å². The summed E-state index contributed by atoms with van der Waals surface area (Å²) in [6.07, 6.45) is 3.24. The average Bonchev–Trinajstić information content (AvgIpc) is 2.85. The third kappa shape index (κ3) is 4.19. The van der Waals surface area contributed by atoms with Crippen LogP contribution in [0.4, 0.5) is 0 Å². The zero-order valence-electron chi connectivity index (χ0n) is 27.2. The van der Waals surface area contributed by atoms with Crippen LogP contribution in [0.2, 0.25) is 0 Å². The van der Waals surface area contributed by atoms with E-state index in [2.05, 4.69) is 118 Å². The summed E-state index contributed by atoms with van der Waals surface area (Å²) in [5.74, 6) is 7.44. The van der Waals surface area contributed by atoms with Gasteiger partial charge in [-0.25, -0.2) is 0 Å². The molecular weight excluding hydrogens is 492 g/mol. The van der Waals surface area contributed by atoms with E-state index in [1.807, 2.05) is 0 Å². The third-order valence-electron chi connectivity index (χ3n) is 11.0. The van der Waals surface area contributed by atoms with Crippen LogP contribution in [-0.4, -0.2) is 0 Å². The molecule has 0 heterocycles. The minimum absolute atomic E-state index is 0.0224. The summed E-state index contributed by atoms with van der Waals surface area (Å²) in [5.41, 5.74) is 18.1. The van der Waals surface area contributed by atoms with Crippen molar-refractivity contribution in [3.63, 3.8) is 0 Å². The van der Waals surface area contributed by atoms with E-state index in [9.17, 15) is 0 Å². The summed E-state index contributed by atoms with van der Waals surface area (Å²) in [4.78, 5) is 0. The summed E-state index contributed by atoms with van der Waals surface area (Å²) in [5, 5.41) is 0. The Labute approximate surface area is 250 Å². The second kappa shape index (κ2) is 9.63. The molecule has 41 heavy (non-hydrogen) atoms. The highest BCUT2D eigenvalue weighted by Gasteiger charge is 2.59. The highest BCUT2D eigenvalue weighted by molar-refractivity contribution is 5.88. The maximum absolute atomic E-state index is 4.89. The Bertz CT molecular complexity index is 1670. The predicted octanol–water partition coefficient (Wildman–Crippen LogP) is 11.0. The van der Waals surface area contributed by atoms with Crippen molar-refractivity contribution < 1.29 is 0 Å². The van der Waals surface area contributed by atoms with E-state index in [4.69, 9.17) is 13.2 Å². The van der Waals surface area contributed by atoms with Gasteiger partial charge < -0.3 is 0 Å². The fraction of sp³-hybridized carbons (Fsp3) is 0.415. The number of allylic oxidation sites excluding steroid dienone is 7. The summed E-state index contributed by atoms with van der Waals surface area (Å²) in [7, 11) is 0. The fourth-order valence-corrected chi connectivity index (χ4v) is 9.13. The lowest BCUT2D eigenvalue weighted by atomic mass is 9.41. The molecular formula is C41H48. The molecule has 0 bridgehead atoms. The van der Waals surface area contributed by atoms with Gasteiger partial charge in [0.15, 0.2) is 0 Å². The Hall–Kier alpha value is -3.30. The molecule has 5 rings (SSSR count). The Morgan fingerprint density at radius 1 is 0.951 bits per heavy atom. The van der Waals surface area contributed by atoms with Gasteiger partial charge in [0.2, 0.25) is 0 Å². The maximum atomic E-state index is 4.89. The molecule has 0 radical (unpaired) electrons. The van der Waals surface area contributed by atoms with Crippen LogP contribution in [0, 0.1) is 41.9 Å². The Kier molecular flexibility index (Phi) is 6.86. The van der Waals surface area contributed by atoms with E-state index in [1.54, 1.807) is 0 Å². The second-order valence-electron chi connectivity index (χ2n) is 14.4. The average molecular weight is 541 g/mol. The van der Waals surface area contributed by atoms with Crippen molar-refractivity contribution in [2.45, 2.75) is 94.4 Å².